The SMILES string of the molecule is COCCC(C)(CN)N(C)C1CCOCC1. The summed E-state index contributed by atoms with van der Waals surface area (Å²) in [6, 6.07) is 0.596. The van der Waals surface area contributed by atoms with E-state index in [0.717, 1.165) is 39.1 Å². The number of nitrogens with two attached hydrogens (primary N) is 1. The van der Waals surface area contributed by atoms with Crippen molar-refractivity contribution in [3.63, 3.8) is 0 Å². The van der Waals surface area contributed by atoms with Crippen LogP contribution >= 0.6 is 0 Å². The third-order valence-corrected chi connectivity index (χ3v) is 3.87. The fourth-order valence-corrected chi connectivity index (χ4v) is 2.26. The van der Waals surface area contributed by atoms with Gasteiger partial charge < -0.3 is 15.2 Å². The van der Waals surface area contributed by atoms with Gasteiger partial charge in [0.25, 0.3) is 0 Å². The lowest BCUT2D eigenvalue weighted by Crippen LogP contribution is -2.55. The number of hydrogen-bond donors (Lipinski definition) is 1. The van der Waals surface area contributed by atoms with Crippen LogP contribution < -0.4 is 5.73 Å². The minimum atomic E-state index is 0.0397. The smallest absolute Gasteiger partial charge is 0.0480 e. The number of nitrogens with zero attached hydrogens (tertiary/aromatic N) is 1. The molecule has 1 saturated heterocycles. The van der Waals surface area contributed by atoms with Crippen molar-refractivity contribution in [1.82, 2.24) is 4.90 Å². The van der Waals surface area contributed by atoms with Crippen molar-refractivity contribution >= 4 is 0 Å². The highest BCUT2D eigenvalue weighted by atomic mass is 16.5. The summed E-state index contributed by atoms with van der Waals surface area (Å²) in [6.45, 7) is 5.41. The minimum absolute atomic E-state index is 0.0397. The average molecular weight is 230 g/mol. The molecule has 1 unspecified atom stereocenters. The maximum atomic E-state index is 5.93. The Balaban J connectivity index is 2.55. The van der Waals surface area contributed by atoms with Crippen LogP contribution in [0.15, 0.2) is 0 Å². The quantitative estimate of drug-likeness (QED) is 0.735. The topological polar surface area (TPSA) is 47.7 Å². The molecule has 1 fully saturated rings. The zero-order chi connectivity index (χ0) is 12.0. The Hall–Kier alpha value is -0.160. The van der Waals surface area contributed by atoms with E-state index in [-0.39, 0.29) is 5.54 Å². The van der Waals surface area contributed by atoms with Crippen LogP contribution in [0, 0.1) is 0 Å². The Morgan fingerprint density at radius 2 is 2.06 bits per heavy atom. The van der Waals surface area contributed by atoms with E-state index in [1.54, 1.807) is 7.11 Å². The monoisotopic (exact) mass is 230 g/mol. The second-order valence-electron chi connectivity index (χ2n) is 4.90. The molecule has 1 heterocycles. The zero-order valence-electron chi connectivity index (χ0n) is 10.9. The first kappa shape index (κ1) is 13.9. The molecule has 0 spiro atoms. The molecular formula is C12H26N2O2. The van der Waals surface area contributed by atoms with Gasteiger partial charge in [-0.15, -0.1) is 0 Å². The van der Waals surface area contributed by atoms with Gasteiger partial charge >= 0.3 is 0 Å². The highest BCUT2D eigenvalue weighted by Crippen LogP contribution is 2.24. The minimum Gasteiger partial charge on any atom is -0.385 e. The molecule has 0 aliphatic carbocycles. The molecule has 4 nitrogen and oxygen atoms in total. The maximum Gasteiger partial charge on any atom is 0.0480 e. The van der Waals surface area contributed by atoms with Gasteiger partial charge in [-0.1, -0.05) is 0 Å². The molecule has 0 aromatic heterocycles. The van der Waals surface area contributed by atoms with Gasteiger partial charge in [-0.3, -0.25) is 4.90 Å². The van der Waals surface area contributed by atoms with E-state index in [1.807, 2.05) is 0 Å². The Bertz CT molecular complexity index is 195. The number of hydrogen-bond acceptors (Lipinski definition) is 4. The van der Waals surface area contributed by atoms with Crippen LogP contribution in [0.2, 0.25) is 0 Å². The summed E-state index contributed by atoms with van der Waals surface area (Å²) in [5, 5.41) is 0. The van der Waals surface area contributed by atoms with Gasteiger partial charge in [0.05, 0.1) is 0 Å². The van der Waals surface area contributed by atoms with Gasteiger partial charge in [0.2, 0.25) is 0 Å². The van der Waals surface area contributed by atoms with Gasteiger partial charge in [-0.05, 0) is 33.2 Å². The first-order valence-electron chi connectivity index (χ1n) is 6.14. The van der Waals surface area contributed by atoms with Gasteiger partial charge in [0, 0.05) is 45.1 Å². The molecule has 0 amide bonds. The van der Waals surface area contributed by atoms with E-state index in [0.29, 0.717) is 12.6 Å². The maximum absolute atomic E-state index is 5.93. The van der Waals surface area contributed by atoms with Crippen LogP contribution in [-0.4, -0.2) is 57.0 Å². The summed E-state index contributed by atoms with van der Waals surface area (Å²) >= 11 is 0. The lowest BCUT2D eigenvalue weighted by Gasteiger charge is -2.44. The van der Waals surface area contributed by atoms with Crippen LogP contribution in [0.3, 0.4) is 0 Å². The average Bonchev–Trinajstić information content (AvgIpc) is 2.36. The summed E-state index contributed by atoms with van der Waals surface area (Å²) in [5.74, 6) is 0. The Morgan fingerprint density at radius 3 is 2.56 bits per heavy atom. The molecule has 16 heavy (non-hydrogen) atoms. The van der Waals surface area contributed by atoms with E-state index >= 15 is 0 Å². The lowest BCUT2D eigenvalue weighted by atomic mass is 9.92. The van der Waals surface area contributed by atoms with Gasteiger partial charge in [-0.2, -0.15) is 0 Å². The first-order valence-corrected chi connectivity index (χ1v) is 6.14. The van der Waals surface area contributed by atoms with E-state index in [9.17, 15) is 0 Å². The van der Waals surface area contributed by atoms with Gasteiger partial charge in [0.15, 0.2) is 0 Å². The van der Waals surface area contributed by atoms with E-state index in [1.165, 1.54) is 0 Å². The van der Waals surface area contributed by atoms with Crippen molar-refractivity contribution in [3.8, 4) is 0 Å². The van der Waals surface area contributed by atoms with Crippen LogP contribution in [0.4, 0.5) is 0 Å². The Morgan fingerprint density at radius 1 is 1.44 bits per heavy atom. The van der Waals surface area contributed by atoms with E-state index in [4.69, 9.17) is 15.2 Å². The second kappa shape index (κ2) is 6.55. The van der Waals surface area contributed by atoms with Crippen molar-refractivity contribution in [2.24, 2.45) is 5.73 Å². The summed E-state index contributed by atoms with van der Waals surface area (Å²) in [6.07, 6.45) is 3.20. The second-order valence-corrected chi connectivity index (χ2v) is 4.90. The molecule has 1 aliphatic rings. The zero-order valence-corrected chi connectivity index (χ0v) is 10.9. The molecule has 0 aromatic carbocycles. The number of methoxy groups -OCH3 is 1. The molecule has 2 N–H and O–H groups in total. The largest absolute Gasteiger partial charge is 0.385 e. The molecule has 0 aromatic rings. The third kappa shape index (κ3) is 3.42. The molecule has 0 radical (unpaired) electrons. The molecule has 0 bridgehead atoms. The summed E-state index contributed by atoms with van der Waals surface area (Å²) < 4.78 is 10.6. The summed E-state index contributed by atoms with van der Waals surface area (Å²) in [7, 11) is 3.92. The summed E-state index contributed by atoms with van der Waals surface area (Å²) in [4.78, 5) is 2.43. The van der Waals surface area contributed by atoms with Crippen molar-refractivity contribution in [1.29, 1.82) is 0 Å². The molecule has 0 saturated carbocycles. The lowest BCUT2D eigenvalue weighted by molar-refractivity contribution is -0.00610. The first-order chi connectivity index (χ1) is 7.64. The van der Waals surface area contributed by atoms with Crippen molar-refractivity contribution < 1.29 is 9.47 Å². The molecule has 4 heteroatoms. The van der Waals surface area contributed by atoms with Crippen LogP contribution in [0.25, 0.3) is 0 Å². The Kier molecular flexibility index (Phi) is 5.69. The molecular weight excluding hydrogens is 204 g/mol. The van der Waals surface area contributed by atoms with E-state index in [2.05, 4.69) is 18.9 Å². The van der Waals surface area contributed by atoms with Crippen LogP contribution in [0.1, 0.15) is 26.2 Å². The number of rotatable bonds is 6. The van der Waals surface area contributed by atoms with Crippen molar-refractivity contribution in [3.05, 3.63) is 0 Å². The summed E-state index contributed by atoms with van der Waals surface area (Å²) in [5.41, 5.74) is 5.97. The molecule has 1 atom stereocenters. The predicted octanol–water partition coefficient (Wildman–Crippen LogP) is 0.851. The third-order valence-electron chi connectivity index (χ3n) is 3.87. The standard InChI is InChI=1S/C12H26N2O2/c1-12(10-13,6-9-15-3)14(2)11-4-7-16-8-5-11/h11H,4-10,13H2,1-3H3. The number of ether oxygens (including phenoxy) is 2. The number of likely N-dealkylation sites (N-methyl/N-ethyl adjacent to an activating group) is 1. The fraction of sp³-hybridized carbons (Fsp3) is 1.00. The molecule has 96 valence electrons. The van der Waals surface area contributed by atoms with Crippen LogP contribution in [0.5, 0.6) is 0 Å². The van der Waals surface area contributed by atoms with Crippen molar-refractivity contribution in [2.45, 2.75) is 37.8 Å². The Labute approximate surface area is 99.1 Å². The molecule has 1 aliphatic heterocycles. The highest BCUT2D eigenvalue weighted by Gasteiger charge is 2.33. The predicted molar refractivity (Wildman–Crippen MR) is 65.6 cm³/mol. The normalized spacial score (nSPS) is 22.3. The molecule has 1 rings (SSSR count). The van der Waals surface area contributed by atoms with E-state index < -0.39 is 0 Å². The van der Waals surface area contributed by atoms with Crippen molar-refractivity contribution in [2.75, 3.05) is 40.5 Å². The van der Waals surface area contributed by atoms with Crippen LogP contribution in [-0.2, 0) is 9.47 Å². The van der Waals surface area contributed by atoms with Gasteiger partial charge in [-0.25, -0.2) is 0 Å². The van der Waals surface area contributed by atoms with Gasteiger partial charge in [0.1, 0.15) is 0 Å². The fourth-order valence-electron chi connectivity index (χ4n) is 2.26. The highest BCUT2D eigenvalue weighted by molar-refractivity contribution is 4.90.